The molecule has 4 nitrogen and oxygen atoms in total. The maximum absolute atomic E-state index is 12.6. The molecule has 1 aliphatic carbocycles. The van der Waals surface area contributed by atoms with Gasteiger partial charge in [-0.2, -0.15) is 0 Å². The summed E-state index contributed by atoms with van der Waals surface area (Å²) in [7, 11) is 1.56. The fraction of sp³-hybridized carbons (Fsp3) is 0.474. The quantitative estimate of drug-likeness (QED) is 0.780. The molecular formula is C19H24O4. The lowest BCUT2D eigenvalue weighted by Gasteiger charge is -2.15. The zero-order chi connectivity index (χ0) is 17.1. The van der Waals surface area contributed by atoms with Gasteiger partial charge in [0.2, 0.25) is 0 Å². The fourth-order valence-electron chi connectivity index (χ4n) is 3.45. The van der Waals surface area contributed by atoms with Crippen LogP contribution in [0.5, 0.6) is 0 Å². The molecule has 4 heteroatoms. The van der Waals surface area contributed by atoms with Crippen molar-refractivity contribution in [1.82, 2.24) is 0 Å². The van der Waals surface area contributed by atoms with Crippen LogP contribution in [0, 0.1) is 26.7 Å². The second-order valence-corrected chi connectivity index (χ2v) is 6.05. The summed E-state index contributed by atoms with van der Waals surface area (Å²) in [6.45, 7) is 8.16. The molecule has 0 saturated heterocycles. The van der Waals surface area contributed by atoms with Crippen molar-refractivity contribution in [3.63, 3.8) is 0 Å². The van der Waals surface area contributed by atoms with Gasteiger partial charge in [-0.15, -0.1) is 0 Å². The molecule has 1 unspecified atom stereocenters. The third-order valence-electron chi connectivity index (χ3n) is 4.19. The smallest absolute Gasteiger partial charge is 0.306 e. The van der Waals surface area contributed by atoms with Gasteiger partial charge in [-0.05, 0) is 44.4 Å². The minimum atomic E-state index is -0.293. The zero-order valence-electron chi connectivity index (χ0n) is 14.5. The number of ether oxygens (including phenoxy) is 2. The Balaban J connectivity index is 2.46. The van der Waals surface area contributed by atoms with E-state index >= 15 is 0 Å². The summed E-state index contributed by atoms with van der Waals surface area (Å²) in [5.41, 5.74) is 4.83. The SMILES string of the molecule is CCOC(=O)CC1CC(=O)C(c2c(C)cc(C)cc2C)=C1OC. The third-order valence-corrected chi connectivity index (χ3v) is 4.19. The van der Waals surface area contributed by atoms with Crippen LogP contribution in [0.2, 0.25) is 0 Å². The van der Waals surface area contributed by atoms with Crippen molar-refractivity contribution in [2.75, 3.05) is 13.7 Å². The van der Waals surface area contributed by atoms with Crippen molar-refractivity contribution in [2.24, 2.45) is 5.92 Å². The van der Waals surface area contributed by atoms with Gasteiger partial charge < -0.3 is 9.47 Å². The van der Waals surface area contributed by atoms with Crippen molar-refractivity contribution in [3.05, 3.63) is 40.1 Å². The highest BCUT2D eigenvalue weighted by atomic mass is 16.5. The van der Waals surface area contributed by atoms with Crippen LogP contribution in [-0.2, 0) is 19.1 Å². The molecule has 1 aromatic rings. The van der Waals surface area contributed by atoms with Gasteiger partial charge in [0.1, 0.15) is 5.76 Å². The maximum atomic E-state index is 12.6. The van der Waals surface area contributed by atoms with Gasteiger partial charge in [0, 0.05) is 12.3 Å². The van der Waals surface area contributed by atoms with E-state index in [4.69, 9.17) is 9.47 Å². The van der Waals surface area contributed by atoms with Gasteiger partial charge in [0.25, 0.3) is 0 Å². The second kappa shape index (κ2) is 6.99. The molecule has 0 bridgehead atoms. The van der Waals surface area contributed by atoms with Gasteiger partial charge in [-0.3, -0.25) is 9.59 Å². The van der Waals surface area contributed by atoms with E-state index in [0.29, 0.717) is 24.4 Å². The first kappa shape index (κ1) is 17.3. The molecule has 0 saturated carbocycles. The van der Waals surface area contributed by atoms with E-state index in [1.165, 1.54) is 0 Å². The summed E-state index contributed by atoms with van der Waals surface area (Å²) in [4.78, 5) is 24.4. The maximum Gasteiger partial charge on any atom is 0.306 e. The minimum Gasteiger partial charge on any atom is -0.500 e. The Kier molecular flexibility index (Phi) is 5.24. The molecule has 0 amide bonds. The van der Waals surface area contributed by atoms with E-state index in [2.05, 4.69) is 12.1 Å². The Labute approximate surface area is 137 Å². The Morgan fingerprint density at radius 2 is 1.83 bits per heavy atom. The van der Waals surface area contributed by atoms with Gasteiger partial charge in [-0.25, -0.2) is 0 Å². The Morgan fingerprint density at radius 1 is 1.22 bits per heavy atom. The lowest BCUT2D eigenvalue weighted by molar-refractivity contribution is -0.144. The normalized spacial score (nSPS) is 17.6. The van der Waals surface area contributed by atoms with Gasteiger partial charge in [-0.1, -0.05) is 17.7 Å². The highest BCUT2D eigenvalue weighted by Crippen LogP contribution is 2.40. The van der Waals surface area contributed by atoms with E-state index < -0.39 is 0 Å². The third kappa shape index (κ3) is 3.46. The molecule has 23 heavy (non-hydrogen) atoms. The van der Waals surface area contributed by atoms with E-state index in [-0.39, 0.29) is 24.1 Å². The predicted molar refractivity (Wildman–Crippen MR) is 88.9 cm³/mol. The molecule has 1 atom stereocenters. The zero-order valence-corrected chi connectivity index (χ0v) is 14.5. The first-order chi connectivity index (χ1) is 10.9. The number of carbonyl (C=O) groups is 2. The van der Waals surface area contributed by atoms with Crippen LogP contribution in [0.3, 0.4) is 0 Å². The van der Waals surface area contributed by atoms with Crippen LogP contribution in [-0.4, -0.2) is 25.5 Å². The Morgan fingerprint density at radius 3 is 2.35 bits per heavy atom. The number of hydrogen-bond donors (Lipinski definition) is 0. The van der Waals surface area contributed by atoms with Crippen LogP contribution >= 0.6 is 0 Å². The molecule has 2 rings (SSSR count). The van der Waals surface area contributed by atoms with Crippen LogP contribution in [0.25, 0.3) is 5.57 Å². The van der Waals surface area contributed by atoms with Crippen molar-refractivity contribution in [2.45, 2.75) is 40.5 Å². The number of hydrogen-bond acceptors (Lipinski definition) is 4. The monoisotopic (exact) mass is 316 g/mol. The predicted octanol–water partition coefficient (Wildman–Crippen LogP) is 3.51. The second-order valence-electron chi connectivity index (χ2n) is 6.05. The number of methoxy groups -OCH3 is 1. The number of Topliss-reactive ketones (excluding diaryl/α,β-unsaturated/α-hetero) is 1. The molecule has 1 aromatic carbocycles. The fourth-order valence-corrected chi connectivity index (χ4v) is 3.45. The molecule has 0 aromatic heterocycles. The summed E-state index contributed by atoms with van der Waals surface area (Å²) < 4.78 is 10.5. The van der Waals surface area contributed by atoms with Crippen molar-refractivity contribution >= 4 is 17.3 Å². The van der Waals surface area contributed by atoms with E-state index in [1.54, 1.807) is 14.0 Å². The largest absolute Gasteiger partial charge is 0.500 e. The number of allylic oxidation sites excluding steroid dienone is 2. The van der Waals surface area contributed by atoms with Gasteiger partial charge in [0.15, 0.2) is 5.78 Å². The summed E-state index contributed by atoms with van der Waals surface area (Å²) in [5, 5.41) is 0. The molecule has 1 aliphatic rings. The molecule has 0 aliphatic heterocycles. The minimum absolute atomic E-state index is 0.0335. The number of benzene rings is 1. The molecule has 0 radical (unpaired) electrons. The van der Waals surface area contributed by atoms with Crippen LogP contribution in [0.4, 0.5) is 0 Å². The van der Waals surface area contributed by atoms with Crippen LogP contribution < -0.4 is 0 Å². The van der Waals surface area contributed by atoms with Gasteiger partial charge in [0.05, 0.1) is 25.7 Å². The average molecular weight is 316 g/mol. The molecule has 0 N–H and O–H groups in total. The van der Waals surface area contributed by atoms with Crippen LogP contribution in [0.15, 0.2) is 17.9 Å². The number of aryl methyl sites for hydroxylation is 3. The summed E-state index contributed by atoms with van der Waals surface area (Å²) in [6.07, 6.45) is 0.473. The van der Waals surface area contributed by atoms with Crippen molar-refractivity contribution in [1.29, 1.82) is 0 Å². The molecular weight excluding hydrogens is 292 g/mol. The number of rotatable bonds is 5. The summed E-state index contributed by atoms with van der Waals surface area (Å²) in [6, 6.07) is 4.13. The number of carbonyl (C=O) groups excluding carboxylic acids is 2. The average Bonchev–Trinajstić information content (AvgIpc) is 2.74. The van der Waals surface area contributed by atoms with E-state index in [1.807, 2.05) is 20.8 Å². The lowest BCUT2D eigenvalue weighted by atomic mass is 9.92. The van der Waals surface area contributed by atoms with Gasteiger partial charge >= 0.3 is 5.97 Å². The molecule has 0 fully saturated rings. The summed E-state index contributed by atoms with van der Waals surface area (Å²) >= 11 is 0. The molecule has 0 heterocycles. The number of ketones is 1. The lowest BCUT2D eigenvalue weighted by Crippen LogP contribution is -2.12. The Hall–Kier alpha value is -2.10. The van der Waals surface area contributed by atoms with Crippen molar-refractivity contribution in [3.8, 4) is 0 Å². The highest BCUT2D eigenvalue weighted by Gasteiger charge is 2.36. The molecule has 124 valence electrons. The molecule has 0 spiro atoms. The number of esters is 1. The highest BCUT2D eigenvalue weighted by molar-refractivity contribution is 6.24. The van der Waals surface area contributed by atoms with Crippen molar-refractivity contribution < 1.29 is 19.1 Å². The topological polar surface area (TPSA) is 52.6 Å². The van der Waals surface area contributed by atoms with E-state index in [0.717, 1.165) is 22.3 Å². The summed E-state index contributed by atoms with van der Waals surface area (Å²) in [5.74, 6) is 0.115. The van der Waals surface area contributed by atoms with E-state index in [9.17, 15) is 9.59 Å². The van der Waals surface area contributed by atoms with Crippen LogP contribution in [0.1, 0.15) is 42.0 Å². The Bertz CT molecular complexity index is 647. The standard InChI is InChI=1S/C19H24O4/c1-6-23-16(21)10-14-9-15(20)18(19(14)22-5)17-12(3)7-11(2)8-13(17)4/h7-8,14H,6,9-10H2,1-5H3. The first-order valence-electron chi connectivity index (χ1n) is 7.94. The first-order valence-corrected chi connectivity index (χ1v) is 7.94.